The van der Waals surface area contributed by atoms with Gasteiger partial charge < -0.3 is 10.5 Å². The number of hydrogen-bond donors (Lipinski definition) is 1. The molecule has 6 nitrogen and oxygen atoms in total. The Labute approximate surface area is 157 Å². The molecule has 0 fully saturated rings. The molecule has 0 aliphatic heterocycles. The molecule has 7 heteroatoms. The zero-order chi connectivity index (χ0) is 19.0. The smallest absolute Gasteiger partial charge is 0.345 e. The van der Waals surface area contributed by atoms with Crippen LogP contribution in [0.3, 0.4) is 0 Å². The summed E-state index contributed by atoms with van der Waals surface area (Å²) < 4.78 is 6.86. The van der Waals surface area contributed by atoms with Crippen molar-refractivity contribution in [2.45, 2.75) is 6.92 Å². The monoisotopic (exact) mass is 414 g/mol. The SMILES string of the molecule is COC(=O)c1c(N)c2ccc(Br)cc2n(-c2ccc(C(C)=O)cc2)c1=O. The van der Waals surface area contributed by atoms with E-state index in [4.69, 9.17) is 10.5 Å². The zero-order valence-electron chi connectivity index (χ0n) is 14.1. The van der Waals surface area contributed by atoms with Crippen molar-refractivity contribution in [3.8, 4) is 5.69 Å². The first-order chi connectivity index (χ1) is 12.3. The molecule has 0 atom stereocenters. The van der Waals surface area contributed by atoms with Gasteiger partial charge in [0.1, 0.15) is 5.56 Å². The van der Waals surface area contributed by atoms with Gasteiger partial charge in [-0.05, 0) is 49.4 Å². The predicted molar refractivity (Wildman–Crippen MR) is 103 cm³/mol. The summed E-state index contributed by atoms with van der Waals surface area (Å²) in [5.74, 6) is -0.879. The number of pyridine rings is 1. The minimum absolute atomic E-state index is 0.0703. The number of rotatable bonds is 3. The van der Waals surface area contributed by atoms with Gasteiger partial charge in [0, 0.05) is 21.1 Å². The fraction of sp³-hybridized carbons (Fsp3) is 0.105. The number of nitrogen functional groups attached to an aromatic ring is 1. The van der Waals surface area contributed by atoms with Crippen molar-refractivity contribution in [1.29, 1.82) is 0 Å². The number of methoxy groups -OCH3 is 1. The molecule has 2 aromatic carbocycles. The highest BCUT2D eigenvalue weighted by atomic mass is 79.9. The first kappa shape index (κ1) is 17.9. The Morgan fingerprint density at radius 3 is 2.35 bits per heavy atom. The summed E-state index contributed by atoms with van der Waals surface area (Å²) >= 11 is 3.39. The Kier molecular flexibility index (Phi) is 4.65. The second kappa shape index (κ2) is 6.76. The fourth-order valence-electron chi connectivity index (χ4n) is 2.79. The van der Waals surface area contributed by atoms with E-state index in [-0.39, 0.29) is 17.0 Å². The lowest BCUT2D eigenvalue weighted by Gasteiger charge is -2.15. The number of Topliss-reactive ketones (excluding diaryl/α,β-unsaturated/α-hetero) is 1. The molecule has 0 spiro atoms. The van der Waals surface area contributed by atoms with Crippen LogP contribution in [-0.2, 0) is 4.74 Å². The third-order valence-corrected chi connectivity index (χ3v) is 4.59. The Morgan fingerprint density at radius 1 is 1.12 bits per heavy atom. The minimum Gasteiger partial charge on any atom is -0.465 e. The van der Waals surface area contributed by atoms with E-state index in [1.807, 2.05) is 0 Å². The third kappa shape index (κ3) is 2.90. The number of carbonyl (C=O) groups excluding carboxylic acids is 2. The van der Waals surface area contributed by atoms with E-state index >= 15 is 0 Å². The van der Waals surface area contributed by atoms with Gasteiger partial charge in [0.15, 0.2) is 5.78 Å². The lowest BCUT2D eigenvalue weighted by molar-refractivity contribution is 0.0599. The standard InChI is InChI=1S/C19H15BrN2O4/c1-10(23)11-3-6-13(7-4-11)22-15-9-12(20)5-8-14(15)17(21)16(18(22)24)19(25)26-2/h3-9H,21H2,1-2H3. The van der Waals surface area contributed by atoms with Gasteiger partial charge in [-0.1, -0.05) is 15.9 Å². The van der Waals surface area contributed by atoms with Gasteiger partial charge in [0.25, 0.3) is 5.56 Å². The maximum Gasteiger partial charge on any atom is 0.345 e. The van der Waals surface area contributed by atoms with Crippen molar-refractivity contribution in [3.63, 3.8) is 0 Å². The lowest BCUT2D eigenvalue weighted by atomic mass is 10.1. The molecule has 0 bridgehead atoms. The maximum atomic E-state index is 13.0. The molecule has 0 saturated carbocycles. The minimum atomic E-state index is -0.800. The van der Waals surface area contributed by atoms with Crippen LogP contribution < -0.4 is 11.3 Å². The van der Waals surface area contributed by atoms with Crippen LogP contribution >= 0.6 is 15.9 Å². The number of ketones is 1. The number of nitrogens with two attached hydrogens (primary N) is 1. The van der Waals surface area contributed by atoms with Crippen molar-refractivity contribution < 1.29 is 14.3 Å². The largest absolute Gasteiger partial charge is 0.465 e. The second-order valence-electron chi connectivity index (χ2n) is 5.69. The van der Waals surface area contributed by atoms with E-state index in [2.05, 4.69) is 15.9 Å². The first-order valence-electron chi connectivity index (χ1n) is 7.68. The number of anilines is 1. The molecular formula is C19H15BrN2O4. The van der Waals surface area contributed by atoms with Crippen molar-refractivity contribution >= 4 is 44.3 Å². The van der Waals surface area contributed by atoms with E-state index in [0.29, 0.717) is 22.2 Å². The van der Waals surface area contributed by atoms with Crippen LogP contribution in [0.1, 0.15) is 27.6 Å². The molecule has 0 radical (unpaired) electrons. The molecule has 0 unspecified atom stereocenters. The molecule has 0 saturated heterocycles. The molecule has 132 valence electrons. The number of ether oxygens (including phenoxy) is 1. The summed E-state index contributed by atoms with van der Waals surface area (Å²) in [4.78, 5) is 36.6. The number of esters is 1. The number of carbonyl (C=O) groups is 2. The molecule has 3 rings (SSSR count). The summed E-state index contributed by atoms with van der Waals surface area (Å²) in [7, 11) is 1.19. The molecule has 1 heterocycles. The normalized spacial score (nSPS) is 10.7. The molecule has 0 aliphatic carbocycles. The predicted octanol–water partition coefficient (Wildman–Crippen LogP) is 3.32. The number of hydrogen-bond acceptors (Lipinski definition) is 5. The second-order valence-corrected chi connectivity index (χ2v) is 6.60. The molecular weight excluding hydrogens is 400 g/mol. The average Bonchev–Trinajstić information content (AvgIpc) is 2.61. The topological polar surface area (TPSA) is 91.4 Å². The van der Waals surface area contributed by atoms with E-state index in [0.717, 1.165) is 4.47 Å². The fourth-order valence-corrected chi connectivity index (χ4v) is 3.14. The van der Waals surface area contributed by atoms with Gasteiger partial charge in [-0.2, -0.15) is 0 Å². The lowest BCUT2D eigenvalue weighted by Crippen LogP contribution is -2.28. The summed E-state index contributed by atoms with van der Waals surface area (Å²) in [6.45, 7) is 1.46. The van der Waals surface area contributed by atoms with Crippen molar-refractivity contribution in [1.82, 2.24) is 4.57 Å². The highest BCUT2D eigenvalue weighted by Gasteiger charge is 2.22. The number of halogens is 1. The van der Waals surface area contributed by atoms with Crippen molar-refractivity contribution in [2.75, 3.05) is 12.8 Å². The van der Waals surface area contributed by atoms with E-state index in [9.17, 15) is 14.4 Å². The van der Waals surface area contributed by atoms with Gasteiger partial charge in [0.2, 0.25) is 0 Å². The van der Waals surface area contributed by atoms with Crippen LogP contribution in [0.5, 0.6) is 0 Å². The van der Waals surface area contributed by atoms with E-state index in [1.165, 1.54) is 18.6 Å². The molecule has 1 aromatic heterocycles. The van der Waals surface area contributed by atoms with Crippen LogP contribution in [0, 0.1) is 0 Å². The van der Waals surface area contributed by atoms with Crippen LogP contribution in [0.25, 0.3) is 16.6 Å². The number of benzene rings is 2. The molecule has 2 N–H and O–H groups in total. The molecule has 26 heavy (non-hydrogen) atoms. The molecule has 3 aromatic rings. The van der Waals surface area contributed by atoms with Crippen LogP contribution in [0.15, 0.2) is 51.7 Å². The highest BCUT2D eigenvalue weighted by molar-refractivity contribution is 9.10. The summed E-state index contributed by atoms with van der Waals surface area (Å²) in [6, 6.07) is 11.8. The van der Waals surface area contributed by atoms with Gasteiger partial charge in [0.05, 0.1) is 18.3 Å². The highest BCUT2D eigenvalue weighted by Crippen LogP contribution is 2.28. The van der Waals surface area contributed by atoms with Crippen molar-refractivity contribution in [3.05, 3.63) is 68.4 Å². The number of fused-ring (bicyclic) bond motifs is 1. The van der Waals surface area contributed by atoms with Crippen LogP contribution in [-0.4, -0.2) is 23.4 Å². The number of nitrogens with zero attached hydrogens (tertiary/aromatic N) is 1. The maximum absolute atomic E-state index is 13.0. The van der Waals surface area contributed by atoms with Gasteiger partial charge in [-0.15, -0.1) is 0 Å². The van der Waals surface area contributed by atoms with Crippen LogP contribution in [0.4, 0.5) is 5.69 Å². The van der Waals surface area contributed by atoms with Crippen LogP contribution in [0.2, 0.25) is 0 Å². The first-order valence-corrected chi connectivity index (χ1v) is 8.48. The summed E-state index contributed by atoms with van der Waals surface area (Å²) in [5.41, 5.74) is 6.91. The van der Waals surface area contributed by atoms with Gasteiger partial charge >= 0.3 is 5.97 Å². The summed E-state index contributed by atoms with van der Waals surface area (Å²) in [5, 5.41) is 0.545. The molecule has 0 aliphatic rings. The Morgan fingerprint density at radius 2 is 1.77 bits per heavy atom. The number of aromatic nitrogens is 1. The van der Waals surface area contributed by atoms with Gasteiger partial charge in [-0.3, -0.25) is 14.2 Å². The Bertz CT molecular complexity index is 1100. The van der Waals surface area contributed by atoms with E-state index < -0.39 is 11.5 Å². The zero-order valence-corrected chi connectivity index (χ0v) is 15.7. The average molecular weight is 415 g/mol. The Hall–Kier alpha value is -2.93. The van der Waals surface area contributed by atoms with E-state index in [1.54, 1.807) is 42.5 Å². The van der Waals surface area contributed by atoms with Crippen molar-refractivity contribution in [2.24, 2.45) is 0 Å². The quantitative estimate of drug-likeness (QED) is 0.524. The van der Waals surface area contributed by atoms with Gasteiger partial charge in [-0.25, -0.2) is 4.79 Å². The Balaban J connectivity index is 2.42. The molecule has 0 amide bonds. The third-order valence-electron chi connectivity index (χ3n) is 4.10. The summed E-state index contributed by atoms with van der Waals surface area (Å²) in [6.07, 6.45) is 0.